The first kappa shape index (κ1) is 11.7. The number of rotatable bonds is 1. The number of aromatic amines is 1. The summed E-state index contributed by atoms with van der Waals surface area (Å²) in [7, 11) is 0. The lowest BCUT2D eigenvalue weighted by molar-refractivity contribution is 0.447. The second kappa shape index (κ2) is 4.22. The van der Waals surface area contributed by atoms with E-state index in [1.165, 1.54) is 6.92 Å². The van der Waals surface area contributed by atoms with Crippen molar-refractivity contribution in [2.24, 2.45) is 0 Å². The summed E-state index contributed by atoms with van der Waals surface area (Å²) in [6.45, 7) is 3.39. The third-order valence-corrected chi connectivity index (χ3v) is 2.98. The van der Waals surface area contributed by atoms with Gasteiger partial charge in [0.25, 0.3) is 5.56 Å². The molecule has 0 amide bonds. The minimum absolute atomic E-state index is 0.201. The van der Waals surface area contributed by atoms with E-state index in [2.05, 4.69) is 9.97 Å². The Morgan fingerprint density at radius 1 is 1.35 bits per heavy atom. The first-order chi connectivity index (χ1) is 7.99. The molecule has 1 aromatic heterocycles. The molecule has 0 spiro atoms. The zero-order valence-electron chi connectivity index (χ0n) is 9.41. The SMILES string of the molecule is Cc1ccc(-c2nc(O)c(C)c(=O)[nH]2)cc1Cl. The monoisotopic (exact) mass is 250 g/mol. The minimum atomic E-state index is -0.357. The minimum Gasteiger partial charge on any atom is -0.493 e. The Morgan fingerprint density at radius 2 is 2.06 bits per heavy atom. The molecule has 0 atom stereocenters. The highest BCUT2D eigenvalue weighted by Crippen LogP contribution is 2.23. The molecule has 5 heteroatoms. The van der Waals surface area contributed by atoms with Crippen LogP contribution >= 0.6 is 11.6 Å². The van der Waals surface area contributed by atoms with Gasteiger partial charge in [-0.3, -0.25) is 4.79 Å². The van der Waals surface area contributed by atoms with Gasteiger partial charge < -0.3 is 10.1 Å². The molecule has 2 N–H and O–H groups in total. The molecule has 2 aromatic rings. The molecule has 4 nitrogen and oxygen atoms in total. The summed E-state index contributed by atoms with van der Waals surface area (Å²) >= 11 is 5.99. The second-order valence-corrected chi connectivity index (χ2v) is 4.23. The number of halogens is 1. The molecule has 88 valence electrons. The summed E-state index contributed by atoms with van der Waals surface area (Å²) in [5.74, 6) is 0.0421. The third kappa shape index (κ3) is 2.17. The fourth-order valence-electron chi connectivity index (χ4n) is 1.40. The molecule has 0 aliphatic carbocycles. The molecular weight excluding hydrogens is 240 g/mol. The summed E-state index contributed by atoms with van der Waals surface area (Å²) < 4.78 is 0. The van der Waals surface area contributed by atoms with Crippen LogP contribution in [0.2, 0.25) is 5.02 Å². The van der Waals surface area contributed by atoms with E-state index in [9.17, 15) is 9.90 Å². The largest absolute Gasteiger partial charge is 0.493 e. The van der Waals surface area contributed by atoms with Gasteiger partial charge in [0.05, 0.1) is 5.56 Å². The highest BCUT2D eigenvalue weighted by atomic mass is 35.5. The van der Waals surface area contributed by atoms with Crippen LogP contribution in [0.4, 0.5) is 0 Å². The quantitative estimate of drug-likeness (QED) is 0.817. The number of nitrogens with one attached hydrogen (secondary N) is 1. The van der Waals surface area contributed by atoms with Gasteiger partial charge in [0.15, 0.2) is 0 Å². The maximum atomic E-state index is 11.5. The predicted octanol–water partition coefficient (Wildman–Crippen LogP) is 2.41. The van der Waals surface area contributed by atoms with Crippen LogP contribution in [0, 0.1) is 13.8 Å². The number of hydrogen-bond acceptors (Lipinski definition) is 3. The number of aromatic nitrogens is 2. The molecule has 0 fully saturated rings. The highest BCUT2D eigenvalue weighted by Gasteiger charge is 2.08. The maximum Gasteiger partial charge on any atom is 0.257 e. The molecular formula is C12H11ClN2O2. The van der Waals surface area contributed by atoms with E-state index in [1.54, 1.807) is 12.1 Å². The summed E-state index contributed by atoms with van der Waals surface area (Å²) in [5, 5.41) is 10.1. The summed E-state index contributed by atoms with van der Waals surface area (Å²) in [6.07, 6.45) is 0. The Labute approximate surface area is 103 Å². The van der Waals surface area contributed by atoms with Gasteiger partial charge in [0, 0.05) is 10.6 Å². The maximum absolute atomic E-state index is 11.5. The van der Waals surface area contributed by atoms with Gasteiger partial charge >= 0.3 is 0 Å². The van der Waals surface area contributed by atoms with Gasteiger partial charge in [-0.1, -0.05) is 23.7 Å². The number of benzene rings is 1. The van der Waals surface area contributed by atoms with Gasteiger partial charge in [-0.25, -0.2) is 0 Å². The molecule has 0 bridgehead atoms. The van der Waals surface area contributed by atoms with Crippen molar-refractivity contribution in [2.75, 3.05) is 0 Å². The topological polar surface area (TPSA) is 66.0 Å². The Bertz CT molecular complexity index is 635. The molecule has 1 heterocycles. The van der Waals surface area contributed by atoms with Crippen molar-refractivity contribution in [1.82, 2.24) is 9.97 Å². The normalized spacial score (nSPS) is 10.5. The van der Waals surface area contributed by atoms with E-state index in [0.717, 1.165) is 5.56 Å². The van der Waals surface area contributed by atoms with E-state index < -0.39 is 0 Å². The molecule has 17 heavy (non-hydrogen) atoms. The Hall–Kier alpha value is -1.81. The first-order valence-corrected chi connectivity index (χ1v) is 5.43. The van der Waals surface area contributed by atoms with Crippen LogP contribution in [0.5, 0.6) is 5.88 Å². The number of H-pyrrole nitrogens is 1. The highest BCUT2D eigenvalue weighted by molar-refractivity contribution is 6.31. The Morgan fingerprint density at radius 3 is 2.65 bits per heavy atom. The van der Waals surface area contributed by atoms with E-state index >= 15 is 0 Å². The third-order valence-electron chi connectivity index (χ3n) is 2.57. The van der Waals surface area contributed by atoms with Crippen LogP contribution in [0.15, 0.2) is 23.0 Å². The fraction of sp³-hybridized carbons (Fsp3) is 0.167. The van der Waals surface area contributed by atoms with E-state index in [4.69, 9.17) is 11.6 Å². The lowest BCUT2D eigenvalue weighted by atomic mass is 10.1. The lowest BCUT2D eigenvalue weighted by Gasteiger charge is -2.05. The van der Waals surface area contributed by atoms with E-state index in [-0.39, 0.29) is 17.0 Å². The first-order valence-electron chi connectivity index (χ1n) is 5.05. The fourth-order valence-corrected chi connectivity index (χ4v) is 1.58. The van der Waals surface area contributed by atoms with Crippen molar-refractivity contribution < 1.29 is 5.11 Å². The number of hydrogen-bond donors (Lipinski definition) is 2. The van der Waals surface area contributed by atoms with Gasteiger partial charge in [-0.05, 0) is 25.5 Å². The Kier molecular flexibility index (Phi) is 2.90. The summed E-state index contributed by atoms with van der Waals surface area (Å²) in [5.41, 5.74) is 1.44. The number of nitrogens with zero attached hydrogens (tertiary/aromatic N) is 1. The van der Waals surface area contributed by atoms with Crippen molar-refractivity contribution in [1.29, 1.82) is 0 Å². The molecule has 0 saturated heterocycles. The average molecular weight is 251 g/mol. The van der Waals surface area contributed by atoms with Gasteiger partial charge in [0.2, 0.25) is 5.88 Å². The lowest BCUT2D eigenvalue weighted by Crippen LogP contribution is -2.12. The van der Waals surface area contributed by atoms with Crippen LogP contribution in [-0.2, 0) is 0 Å². The van der Waals surface area contributed by atoms with Crippen LogP contribution in [0.25, 0.3) is 11.4 Å². The molecule has 0 aliphatic heterocycles. The van der Waals surface area contributed by atoms with E-state index in [0.29, 0.717) is 16.4 Å². The van der Waals surface area contributed by atoms with Crippen molar-refractivity contribution in [3.05, 3.63) is 44.7 Å². The van der Waals surface area contributed by atoms with Crippen molar-refractivity contribution >= 4 is 11.6 Å². The summed E-state index contributed by atoms with van der Waals surface area (Å²) in [6, 6.07) is 5.31. The zero-order chi connectivity index (χ0) is 12.6. The van der Waals surface area contributed by atoms with E-state index in [1.807, 2.05) is 13.0 Å². The van der Waals surface area contributed by atoms with Crippen molar-refractivity contribution in [3.63, 3.8) is 0 Å². The van der Waals surface area contributed by atoms with Gasteiger partial charge in [-0.15, -0.1) is 0 Å². The van der Waals surface area contributed by atoms with Gasteiger partial charge in [0.1, 0.15) is 5.82 Å². The van der Waals surface area contributed by atoms with Crippen molar-refractivity contribution in [3.8, 4) is 17.3 Å². The molecule has 0 radical (unpaired) electrons. The smallest absolute Gasteiger partial charge is 0.257 e. The van der Waals surface area contributed by atoms with Gasteiger partial charge in [-0.2, -0.15) is 4.98 Å². The molecule has 0 saturated carbocycles. The zero-order valence-corrected chi connectivity index (χ0v) is 10.2. The number of aryl methyl sites for hydroxylation is 1. The molecule has 2 rings (SSSR count). The van der Waals surface area contributed by atoms with Crippen LogP contribution in [0.3, 0.4) is 0 Å². The van der Waals surface area contributed by atoms with Crippen LogP contribution in [-0.4, -0.2) is 15.1 Å². The molecule has 0 aliphatic rings. The predicted molar refractivity (Wildman–Crippen MR) is 66.4 cm³/mol. The average Bonchev–Trinajstić information content (AvgIpc) is 2.29. The Balaban J connectivity index is 2.61. The number of aromatic hydroxyl groups is 1. The molecule has 1 aromatic carbocycles. The molecule has 0 unspecified atom stereocenters. The second-order valence-electron chi connectivity index (χ2n) is 3.83. The standard InChI is InChI=1S/C12H11ClN2O2/c1-6-3-4-8(5-9(6)13)10-14-11(16)7(2)12(17)15-10/h3-5H,1-2H3,(H2,14,15,16,17). The van der Waals surface area contributed by atoms with Crippen molar-refractivity contribution in [2.45, 2.75) is 13.8 Å². The van der Waals surface area contributed by atoms with Crippen LogP contribution < -0.4 is 5.56 Å². The van der Waals surface area contributed by atoms with Crippen LogP contribution in [0.1, 0.15) is 11.1 Å². The summed E-state index contributed by atoms with van der Waals surface area (Å²) in [4.78, 5) is 18.0.